The van der Waals surface area contributed by atoms with Crippen molar-refractivity contribution in [3.63, 3.8) is 0 Å². The van der Waals surface area contributed by atoms with Crippen LogP contribution in [0.25, 0.3) is 0 Å². The summed E-state index contributed by atoms with van der Waals surface area (Å²) in [6, 6.07) is 0.730. The van der Waals surface area contributed by atoms with Crippen LogP contribution in [0.5, 0.6) is 0 Å². The molecule has 2 amide bonds. The Balaban J connectivity index is 1.68. The Morgan fingerprint density at radius 1 is 1.05 bits per heavy atom. The molecule has 2 aliphatic carbocycles. The van der Waals surface area contributed by atoms with Gasteiger partial charge in [0.1, 0.15) is 0 Å². The molecule has 112 valence electrons. The van der Waals surface area contributed by atoms with E-state index in [-0.39, 0.29) is 29.7 Å². The molecule has 1 aliphatic heterocycles. The van der Waals surface area contributed by atoms with Gasteiger partial charge in [0.05, 0.1) is 11.8 Å². The smallest absolute Gasteiger partial charge is 0.233 e. The van der Waals surface area contributed by atoms with Gasteiger partial charge in [-0.05, 0) is 51.5 Å². The van der Waals surface area contributed by atoms with E-state index in [1.165, 1.54) is 0 Å². The van der Waals surface area contributed by atoms with Crippen LogP contribution in [-0.2, 0) is 9.59 Å². The molecule has 2 unspecified atom stereocenters. The maximum absolute atomic E-state index is 12.6. The van der Waals surface area contributed by atoms with Gasteiger partial charge in [-0.15, -0.1) is 0 Å². The molecule has 3 aliphatic rings. The predicted octanol–water partition coefficient (Wildman–Crippen LogP) is 1.94. The molecule has 4 nitrogen and oxygen atoms in total. The van der Waals surface area contributed by atoms with Crippen molar-refractivity contribution in [1.29, 1.82) is 0 Å². The fourth-order valence-corrected chi connectivity index (χ4v) is 4.47. The Bertz CT molecular complexity index is 377. The van der Waals surface area contributed by atoms with E-state index in [1.807, 2.05) is 7.05 Å². The first-order chi connectivity index (χ1) is 9.65. The van der Waals surface area contributed by atoms with E-state index in [2.05, 4.69) is 12.2 Å². The van der Waals surface area contributed by atoms with Gasteiger partial charge in [-0.1, -0.05) is 13.3 Å². The van der Waals surface area contributed by atoms with Crippen LogP contribution < -0.4 is 5.32 Å². The second-order valence-corrected chi connectivity index (χ2v) is 6.80. The molecule has 1 N–H and O–H groups in total. The van der Waals surface area contributed by atoms with E-state index in [1.54, 1.807) is 4.90 Å². The monoisotopic (exact) mass is 278 g/mol. The zero-order valence-electron chi connectivity index (χ0n) is 12.6. The van der Waals surface area contributed by atoms with Crippen LogP contribution in [0.2, 0.25) is 0 Å². The van der Waals surface area contributed by atoms with Crippen LogP contribution >= 0.6 is 0 Å². The number of likely N-dealkylation sites (tertiary alicyclic amines) is 1. The van der Waals surface area contributed by atoms with Gasteiger partial charge >= 0.3 is 0 Å². The zero-order chi connectivity index (χ0) is 14.3. The van der Waals surface area contributed by atoms with E-state index < -0.39 is 0 Å². The van der Waals surface area contributed by atoms with Gasteiger partial charge in [-0.2, -0.15) is 0 Å². The molecule has 3 rings (SSSR count). The summed E-state index contributed by atoms with van der Waals surface area (Å²) in [4.78, 5) is 26.9. The third-order valence-corrected chi connectivity index (χ3v) is 5.82. The number of amides is 2. The molecule has 1 heterocycles. The lowest BCUT2D eigenvalue weighted by Crippen LogP contribution is -2.45. The average Bonchev–Trinajstić information content (AvgIpc) is 3.00. The quantitative estimate of drug-likeness (QED) is 0.803. The summed E-state index contributed by atoms with van der Waals surface area (Å²) in [6.07, 6.45) is 7.07. The fourth-order valence-electron chi connectivity index (χ4n) is 4.47. The molecule has 2 atom stereocenters. The normalized spacial score (nSPS) is 41.3. The van der Waals surface area contributed by atoms with E-state index >= 15 is 0 Å². The van der Waals surface area contributed by atoms with Crippen molar-refractivity contribution in [1.82, 2.24) is 10.2 Å². The van der Waals surface area contributed by atoms with Crippen molar-refractivity contribution in [3.8, 4) is 0 Å². The average molecular weight is 278 g/mol. The number of carbonyl (C=O) groups excluding carboxylic acids is 2. The lowest BCUT2D eigenvalue weighted by molar-refractivity contribution is -0.144. The highest BCUT2D eigenvalue weighted by molar-refractivity contribution is 6.05. The Labute approximate surface area is 121 Å². The summed E-state index contributed by atoms with van der Waals surface area (Å²) in [5, 5.41) is 3.30. The van der Waals surface area contributed by atoms with Gasteiger partial charge in [0.15, 0.2) is 0 Å². The minimum Gasteiger partial charge on any atom is -0.317 e. The molecule has 0 spiro atoms. The van der Waals surface area contributed by atoms with Gasteiger partial charge in [0.25, 0.3) is 0 Å². The van der Waals surface area contributed by atoms with Crippen LogP contribution in [0.1, 0.15) is 51.9 Å². The molecule has 0 aromatic carbocycles. The molecule has 0 aromatic heterocycles. The molecular formula is C16H26N2O2. The maximum Gasteiger partial charge on any atom is 0.233 e. The minimum atomic E-state index is 0.00877. The molecule has 4 heteroatoms. The third kappa shape index (κ3) is 2.18. The number of carbonyl (C=O) groups is 2. The van der Waals surface area contributed by atoms with Crippen LogP contribution in [0, 0.1) is 17.8 Å². The first-order valence-electron chi connectivity index (χ1n) is 8.19. The predicted molar refractivity (Wildman–Crippen MR) is 77.0 cm³/mol. The van der Waals surface area contributed by atoms with Gasteiger partial charge in [-0.3, -0.25) is 14.5 Å². The van der Waals surface area contributed by atoms with Crippen LogP contribution in [0.3, 0.4) is 0 Å². The third-order valence-electron chi connectivity index (χ3n) is 5.82. The summed E-state index contributed by atoms with van der Waals surface area (Å²) in [5.74, 6) is 0.886. The van der Waals surface area contributed by atoms with Gasteiger partial charge in [0.2, 0.25) is 11.8 Å². The summed E-state index contributed by atoms with van der Waals surface area (Å²) in [5.41, 5.74) is 0. The number of nitrogens with one attached hydrogen (secondary N) is 1. The van der Waals surface area contributed by atoms with Crippen molar-refractivity contribution in [3.05, 3.63) is 0 Å². The first kappa shape index (κ1) is 14.1. The Kier molecular flexibility index (Phi) is 3.85. The Hall–Kier alpha value is -0.900. The van der Waals surface area contributed by atoms with E-state index in [9.17, 15) is 9.59 Å². The van der Waals surface area contributed by atoms with E-state index in [0.29, 0.717) is 12.0 Å². The SMILES string of the molecule is CCC1CC2C(=O)N(C3CCC(NC)CC3)C(=O)C2C1. The summed E-state index contributed by atoms with van der Waals surface area (Å²) in [6.45, 7) is 2.16. The summed E-state index contributed by atoms with van der Waals surface area (Å²) >= 11 is 0. The number of rotatable bonds is 3. The van der Waals surface area contributed by atoms with Crippen molar-refractivity contribution in [2.75, 3.05) is 7.05 Å². The second kappa shape index (κ2) is 5.47. The van der Waals surface area contributed by atoms with Crippen LogP contribution in [-0.4, -0.2) is 35.8 Å². The molecule has 0 bridgehead atoms. The zero-order valence-corrected chi connectivity index (χ0v) is 12.6. The van der Waals surface area contributed by atoms with Crippen LogP contribution in [0.15, 0.2) is 0 Å². The van der Waals surface area contributed by atoms with E-state index in [4.69, 9.17) is 0 Å². The molecule has 3 fully saturated rings. The maximum atomic E-state index is 12.6. The van der Waals surface area contributed by atoms with Gasteiger partial charge < -0.3 is 5.32 Å². The molecule has 0 aromatic rings. The van der Waals surface area contributed by atoms with Crippen molar-refractivity contribution < 1.29 is 9.59 Å². The Morgan fingerprint density at radius 2 is 1.60 bits per heavy atom. The number of hydrogen-bond donors (Lipinski definition) is 1. The fraction of sp³-hybridized carbons (Fsp3) is 0.875. The minimum absolute atomic E-state index is 0.00877. The highest BCUT2D eigenvalue weighted by Gasteiger charge is 2.54. The summed E-state index contributed by atoms with van der Waals surface area (Å²) in [7, 11) is 1.99. The number of nitrogens with zero attached hydrogens (tertiary/aromatic N) is 1. The molecule has 1 saturated heterocycles. The van der Waals surface area contributed by atoms with Crippen molar-refractivity contribution in [2.24, 2.45) is 17.8 Å². The topological polar surface area (TPSA) is 49.4 Å². The second-order valence-electron chi connectivity index (χ2n) is 6.80. The Morgan fingerprint density at radius 3 is 2.05 bits per heavy atom. The molecular weight excluding hydrogens is 252 g/mol. The number of imide groups is 1. The molecule has 20 heavy (non-hydrogen) atoms. The highest BCUT2D eigenvalue weighted by atomic mass is 16.2. The van der Waals surface area contributed by atoms with Gasteiger partial charge in [0, 0.05) is 12.1 Å². The first-order valence-corrected chi connectivity index (χ1v) is 8.19. The standard InChI is InChI=1S/C16H26N2O2/c1-3-10-8-13-14(9-10)16(20)18(15(13)19)12-6-4-11(17-2)5-7-12/h10-14,17H,3-9H2,1-2H3. The molecule has 0 radical (unpaired) electrons. The van der Waals surface area contributed by atoms with Gasteiger partial charge in [-0.25, -0.2) is 0 Å². The number of fused-ring (bicyclic) bond motifs is 1. The lowest BCUT2D eigenvalue weighted by Gasteiger charge is -2.34. The van der Waals surface area contributed by atoms with Crippen molar-refractivity contribution >= 4 is 11.8 Å². The van der Waals surface area contributed by atoms with E-state index in [0.717, 1.165) is 44.9 Å². The summed E-state index contributed by atoms with van der Waals surface area (Å²) < 4.78 is 0. The van der Waals surface area contributed by atoms with Crippen molar-refractivity contribution in [2.45, 2.75) is 64.0 Å². The van der Waals surface area contributed by atoms with Crippen LogP contribution in [0.4, 0.5) is 0 Å². The largest absolute Gasteiger partial charge is 0.317 e. The molecule has 2 saturated carbocycles. The number of hydrogen-bond acceptors (Lipinski definition) is 3. The lowest BCUT2D eigenvalue weighted by atomic mass is 9.90. The highest BCUT2D eigenvalue weighted by Crippen LogP contribution is 2.45.